The Morgan fingerprint density at radius 2 is 1.97 bits per heavy atom. The molecule has 7 heteroatoms. The highest BCUT2D eigenvalue weighted by Crippen LogP contribution is 2.34. The van der Waals surface area contributed by atoms with E-state index in [1.54, 1.807) is 34.9 Å². The lowest BCUT2D eigenvalue weighted by Crippen LogP contribution is -2.35. The molecule has 0 saturated carbocycles. The Morgan fingerprint density at radius 3 is 2.69 bits per heavy atom. The smallest absolute Gasteiger partial charge is 0.243 e. The molecule has 152 valence electrons. The molecule has 5 nitrogen and oxygen atoms in total. The molecular formula is C22H24N2O3S2. The second-order valence-electron chi connectivity index (χ2n) is 7.10. The van der Waals surface area contributed by atoms with Crippen LogP contribution in [-0.4, -0.2) is 31.4 Å². The van der Waals surface area contributed by atoms with E-state index in [9.17, 15) is 8.42 Å². The van der Waals surface area contributed by atoms with E-state index >= 15 is 0 Å². The summed E-state index contributed by atoms with van der Waals surface area (Å²) in [5.74, 6) is 0.784. The number of sulfonamides is 1. The average molecular weight is 429 g/mol. The first kappa shape index (κ1) is 20.1. The van der Waals surface area contributed by atoms with Crippen molar-refractivity contribution in [1.29, 1.82) is 0 Å². The van der Waals surface area contributed by atoms with E-state index < -0.39 is 10.0 Å². The standard InChI is InChI=1S/C22H24N2O3S2/c1-3-5-16-8-10-19(11-9-16)29(25,26)24-13-12-20-21(15-24)28-22(23-20)17-6-4-7-18(14-17)27-2/h4,6-11,14H,3,5,12-13,15H2,1-2H3. The normalized spacial score (nSPS) is 14.6. The van der Waals surface area contributed by atoms with Crippen molar-refractivity contribution in [1.82, 2.24) is 9.29 Å². The molecule has 0 N–H and O–H groups in total. The predicted molar refractivity (Wildman–Crippen MR) is 116 cm³/mol. The minimum atomic E-state index is -3.51. The molecule has 4 rings (SSSR count). The highest BCUT2D eigenvalue weighted by atomic mass is 32.2. The maximum Gasteiger partial charge on any atom is 0.243 e. The summed E-state index contributed by atoms with van der Waals surface area (Å²) in [6, 6.07) is 15.1. The second kappa shape index (κ2) is 8.26. The van der Waals surface area contributed by atoms with Gasteiger partial charge in [0.1, 0.15) is 10.8 Å². The molecule has 29 heavy (non-hydrogen) atoms. The Labute approximate surface area is 176 Å². The van der Waals surface area contributed by atoms with Crippen molar-refractivity contribution in [3.05, 3.63) is 64.7 Å². The van der Waals surface area contributed by atoms with E-state index in [0.717, 1.165) is 45.3 Å². The van der Waals surface area contributed by atoms with Crippen LogP contribution in [0, 0.1) is 0 Å². The molecule has 0 aliphatic carbocycles. The monoisotopic (exact) mass is 428 g/mol. The number of nitrogens with zero attached hydrogens (tertiary/aromatic N) is 2. The van der Waals surface area contributed by atoms with Crippen molar-refractivity contribution in [3.8, 4) is 16.3 Å². The average Bonchev–Trinajstić information content (AvgIpc) is 3.18. The van der Waals surface area contributed by atoms with Gasteiger partial charge in [-0.05, 0) is 36.2 Å². The van der Waals surface area contributed by atoms with Gasteiger partial charge in [-0.1, -0.05) is 37.6 Å². The largest absolute Gasteiger partial charge is 0.497 e. The molecular weight excluding hydrogens is 404 g/mol. The van der Waals surface area contributed by atoms with Gasteiger partial charge in [-0.3, -0.25) is 0 Å². The highest BCUT2D eigenvalue weighted by molar-refractivity contribution is 7.89. The number of methoxy groups -OCH3 is 1. The van der Waals surface area contributed by atoms with E-state index in [1.807, 2.05) is 36.4 Å². The van der Waals surface area contributed by atoms with Crippen LogP contribution in [0.25, 0.3) is 10.6 Å². The number of thiazole rings is 1. The van der Waals surface area contributed by atoms with Crippen molar-refractivity contribution in [2.45, 2.75) is 37.6 Å². The van der Waals surface area contributed by atoms with Crippen LogP contribution in [0.4, 0.5) is 0 Å². The van der Waals surface area contributed by atoms with E-state index in [1.165, 1.54) is 0 Å². The van der Waals surface area contributed by atoms with Crippen LogP contribution in [0.3, 0.4) is 0 Å². The van der Waals surface area contributed by atoms with Gasteiger partial charge in [-0.25, -0.2) is 13.4 Å². The number of ether oxygens (including phenoxy) is 1. The lowest BCUT2D eigenvalue weighted by molar-refractivity contribution is 0.393. The third-order valence-corrected chi connectivity index (χ3v) is 8.10. The van der Waals surface area contributed by atoms with Crippen LogP contribution in [0.15, 0.2) is 53.4 Å². The van der Waals surface area contributed by atoms with Gasteiger partial charge in [-0.2, -0.15) is 4.31 Å². The van der Waals surface area contributed by atoms with E-state index in [2.05, 4.69) is 6.92 Å². The zero-order chi connectivity index (χ0) is 20.4. The summed E-state index contributed by atoms with van der Waals surface area (Å²) in [6.07, 6.45) is 2.63. The summed E-state index contributed by atoms with van der Waals surface area (Å²) in [6.45, 7) is 2.94. The molecule has 0 spiro atoms. The van der Waals surface area contributed by atoms with Gasteiger partial charge in [-0.15, -0.1) is 11.3 Å². The molecule has 3 aromatic rings. The number of aromatic nitrogens is 1. The summed E-state index contributed by atoms with van der Waals surface area (Å²) in [4.78, 5) is 6.13. The first-order valence-corrected chi connectivity index (χ1v) is 12.0. The van der Waals surface area contributed by atoms with Crippen molar-refractivity contribution >= 4 is 21.4 Å². The maximum atomic E-state index is 13.1. The number of rotatable bonds is 6. The molecule has 0 amide bonds. The fraction of sp³-hybridized carbons (Fsp3) is 0.318. The Morgan fingerprint density at radius 1 is 1.17 bits per heavy atom. The summed E-state index contributed by atoms with van der Waals surface area (Å²) in [7, 11) is -1.87. The molecule has 1 aliphatic rings. The van der Waals surface area contributed by atoms with Crippen molar-refractivity contribution in [3.63, 3.8) is 0 Å². The van der Waals surface area contributed by atoms with Gasteiger partial charge in [0, 0.05) is 23.4 Å². The van der Waals surface area contributed by atoms with Crippen LogP contribution >= 0.6 is 11.3 Å². The number of hydrogen-bond donors (Lipinski definition) is 0. The van der Waals surface area contributed by atoms with Crippen molar-refractivity contribution < 1.29 is 13.2 Å². The first-order valence-electron chi connectivity index (χ1n) is 9.73. The quantitative estimate of drug-likeness (QED) is 0.579. The zero-order valence-electron chi connectivity index (χ0n) is 16.6. The lowest BCUT2D eigenvalue weighted by atomic mass is 10.1. The van der Waals surface area contributed by atoms with E-state index in [0.29, 0.717) is 24.4 Å². The molecule has 0 saturated heterocycles. The summed E-state index contributed by atoms with van der Waals surface area (Å²) >= 11 is 1.56. The van der Waals surface area contributed by atoms with Gasteiger partial charge in [0.2, 0.25) is 10.0 Å². The zero-order valence-corrected chi connectivity index (χ0v) is 18.2. The van der Waals surface area contributed by atoms with E-state index in [4.69, 9.17) is 9.72 Å². The highest BCUT2D eigenvalue weighted by Gasteiger charge is 2.30. The fourth-order valence-electron chi connectivity index (χ4n) is 3.52. The number of fused-ring (bicyclic) bond motifs is 1. The molecule has 0 unspecified atom stereocenters. The maximum absolute atomic E-state index is 13.1. The summed E-state index contributed by atoms with van der Waals surface area (Å²) in [5, 5.41) is 0.900. The van der Waals surface area contributed by atoms with Crippen LogP contribution in [0.1, 0.15) is 29.5 Å². The van der Waals surface area contributed by atoms with Gasteiger partial charge in [0.25, 0.3) is 0 Å². The molecule has 0 fully saturated rings. The first-order chi connectivity index (χ1) is 14.0. The molecule has 0 bridgehead atoms. The van der Waals surface area contributed by atoms with Gasteiger partial charge in [0.05, 0.1) is 24.2 Å². The van der Waals surface area contributed by atoms with Crippen LogP contribution in [0.5, 0.6) is 5.75 Å². The van der Waals surface area contributed by atoms with Gasteiger partial charge >= 0.3 is 0 Å². The van der Waals surface area contributed by atoms with Crippen molar-refractivity contribution in [2.75, 3.05) is 13.7 Å². The minimum Gasteiger partial charge on any atom is -0.497 e. The Bertz CT molecular complexity index is 1110. The second-order valence-corrected chi connectivity index (χ2v) is 10.1. The van der Waals surface area contributed by atoms with Crippen molar-refractivity contribution in [2.24, 2.45) is 0 Å². The summed E-state index contributed by atoms with van der Waals surface area (Å²) in [5.41, 5.74) is 3.15. The SMILES string of the molecule is CCCc1ccc(S(=O)(=O)N2CCc3nc(-c4cccc(OC)c4)sc3C2)cc1. The molecule has 0 atom stereocenters. The molecule has 2 aromatic carbocycles. The number of hydrogen-bond acceptors (Lipinski definition) is 5. The van der Waals surface area contributed by atoms with Gasteiger partial charge < -0.3 is 4.74 Å². The molecule has 1 aliphatic heterocycles. The van der Waals surface area contributed by atoms with Crippen LogP contribution in [-0.2, 0) is 29.4 Å². The Hall–Kier alpha value is -2.22. The van der Waals surface area contributed by atoms with Crippen LogP contribution in [0.2, 0.25) is 0 Å². The van der Waals surface area contributed by atoms with Crippen LogP contribution < -0.4 is 4.74 Å². The summed E-state index contributed by atoms with van der Waals surface area (Å²) < 4.78 is 33.1. The third-order valence-electron chi connectivity index (χ3n) is 5.11. The van der Waals surface area contributed by atoms with Gasteiger partial charge in [0.15, 0.2) is 0 Å². The molecule has 2 heterocycles. The predicted octanol–water partition coefficient (Wildman–Crippen LogP) is 4.52. The molecule has 0 radical (unpaired) electrons. The van der Waals surface area contributed by atoms with E-state index in [-0.39, 0.29) is 0 Å². The number of benzene rings is 2. The lowest BCUT2D eigenvalue weighted by Gasteiger charge is -2.25. The topological polar surface area (TPSA) is 59.5 Å². The Balaban J connectivity index is 1.57. The number of aryl methyl sites for hydroxylation is 1. The Kier molecular flexibility index (Phi) is 5.72. The third kappa shape index (κ3) is 4.08. The fourth-order valence-corrected chi connectivity index (χ4v) is 6.13. The molecule has 1 aromatic heterocycles. The minimum absolute atomic E-state index is 0.360.